The van der Waals surface area contributed by atoms with E-state index < -0.39 is 10.0 Å². The summed E-state index contributed by atoms with van der Waals surface area (Å²) in [4.78, 5) is 14.6. The van der Waals surface area contributed by atoms with E-state index in [1.165, 1.54) is 26.9 Å². The number of rotatable bonds is 7. The van der Waals surface area contributed by atoms with E-state index in [0.717, 1.165) is 5.75 Å². The Morgan fingerprint density at radius 2 is 1.79 bits per heavy atom. The van der Waals surface area contributed by atoms with Gasteiger partial charge in [-0.3, -0.25) is 9.48 Å². The number of carbonyl (C=O) groups is 1. The fourth-order valence-corrected chi connectivity index (χ4v) is 5.02. The van der Waals surface area contributed by atoms with Crippen LogP contribution in [-0.4, -0.2) is 69.3 Å². The molecule has 1 amide bonds. The van der Waals surface area contributed by atoms with Crippen molar-refractivity contribution in [2.75, 3.05) is 26.2 Å². The number of carbonyl (C=O) groups excluding carboxylic acids is 1. The number of aromatic nitrogens is 4. The first-order chi connectivity index (χ1) is 15.7. The van der Waals surface area contributed by atoms with Gasteiger partial charge in [-0.1, -0.05) is 26.0 Å². The summed E-state index contributed by atoms with van der Waals surface area (Å²) in [5, 5.41) is 8.26. The van der Waals surface area contributed by atoms with Gasteiger partial charge in [0.1, 0.15) is 10.6 Å². The summed E-state index contributed by atoms with van der Waals surface area (Å²) in [6, 6.07) is 9.55. The summed E-state index contributed by atoms with van der Waals surface area (Å²) >= 11 is 0. The Morgan fingerprint density at radius 1 is 1.09 bits per heavy atom. The predicted molar refractivity (Wildman–Crippen MR) is 121 cm³/mol. The summed E-state index contributed by atoms with van der Waals surface area (Å²) in [6.45, 7) is 5.49. The van der Waals surface area contributed by atoms with Crippen molar-refractivity contribution in [1.29, 1.82) is 0 Å². The highest BCUT2D eigenvalue weighted by molar-refractivity contribution is 7.89. The third-order valence-electron chi connectivity index (χ3n) is 5.61. The van der Waals surface area contributed by atoms with Crippen molar-refractivity contribution in [3.63, 3.8) is 0 Å². The maximum Gasteiger partial charge on any atom is 0.274 e. The second kappa shape index (κ2) is 9.36. The highest BCUT2D eigenvalue weighted by Crippen LogP contribution is 2.19. The van der Waals surface area contributed by atoms with Crippen LogP contribution >= 0.6 is 0 Å². The first-order valence-electron chi connectivity index (χ1n) is 10.8. The molecule has 0 bridgehead atoms. The van der Waals surface area contributed by atoms with E-state index in [1.807, 2.05) is 24.3 Å². The SMILES string of the molecule is CC(C)c1ccc(OCn2ccc(C(=O)N3CCN(S(=O)(=O)c4cnn(C)c4)CC3)n2)cc1. The Labute approximate surface area is 193 Å². The summed E-state index contributed by atoms with van der Waals surface area (Å²) in [6.07, 6.45) is 4.50. The van der Waals surface area contributed by atoms with Crippen molar-refractivity contribution in [2.45, 2.75) is 31.4 Å². The number of hydrogen-bond acceptors (Lipinski definition) is 6. The van der Waals surface area contributed by atoms with Gasteiger partial charge in [-0.25, -0.2) is 13.1 Å². The number of aryl methyl sites for hydroxylation is 1. The van der Waals surface area contributed by atoms with Crippen molar-refractivity contribution in [1.82, 2.24) is 28.8 Å². The Bertz CT molecular complexity index is 1210. The Hall–Kier alpha value is -3.18. The largest absolute Gasteiger partial charge is 0.471 e. The van der Waals surface area contributed by atoms with E-state index in [4.69, 9.17) is 4.74 Å². The average Bonchev–Trinajstić information content (AvgIpc) is 3.47. The molecule has 10 nitrogen and oxygen atoms in total. The summed E-state index contributed by atoms with van der Waals surface area (Å²) < 4.78 is 35.6. The predicted octanol–water partition coefficient (Wildman–Crippen LogP) is 1.92. The number of hydrogen-bond donors (Lipinski definition) is 0. The Morgan fingerprint density at radius 3 is 2.39 bits per heavy atom. The third kappa shape index (κ3) is 5.09. The van der Waals surface area contributed by atoms with Crippen LogP contribution in [-0.2, 0) is 23.8 Å². The molecule has 4 rings (SSSR count). The van der Waals surface area contributed by atoms with Gasteiger partial charge in [-0.2, -0.15) is 14.5 Å². The molecule has 0 aliphatic carbocycles. The molecule has 0 saturated carbocycles. The minimum atomic E-state index is -3.62. The van der Waals surface area contributed by atoms with Gasteiger partial charge in [0.2, 0.25) is 10.0 Å². The van der Waals surface area contributed by atoms with Crippen LogP contribution in [0, 0.1) is 0 Å². The van der Waals surface area contributed by atoms with Crippen LogP contribution in [0.15, 0.2) is 53.8 Å². The number of benzene rings is 1. The van der Waals surface area contributed by atoms with E-state index >= 15 is 0 Å². The first kappa shape index (κ1) is 23.0. The minimum absolute atomic E-state index is 0.155. The van der Waals surface area contributed by atoms with Gasteiger partial charge >= 0.3 is 0 Å². The topological polar surface area (TPSA) is 103 Å². The van der Waals surface area contributed by atoms with Gasteiger partial charge in [0.15, 0.2) is 12.4 Å². The molecule has 1 fully saturated rings. The molecule has 1 aliphatic heterocycles. The minimum Gasteiger partial charge on any atom is -0.471 e. The van der Waals surface area contributed by atoms with E-state index in [2.05, 4.69) is 24.0 Å². The molecule has 33 heavy (non-hydrogen) atoms. The molecule has 1 aliphatic rings. The molecule has 0 spiro atoms. The fraction of sp³-hybridized carbons (Fsp3) is 0.409. The molecule has 2 aromatic heterocycles. The molecule has 3 heterocycles. The van der Waals surface area contributed by atoms with Gasteiger partial charge in [0.25, 0.3) is 5.91 Å². The average molecular weight is 473 g/mol. The van der Waals surface area contributed by atoms with Crippen LogP contribution < -0.4 is 4.74 Å². The number of nitrogens with zero attached hydrogens (tertiary/aromatic N) is 6. The van der Waals surface area contributed by atoms with Crippen molar-refractivity contribution < 1.29 is 17.9 Å². The maximum absolute atomic E-state index is 12.8. The highest BCUT2D eigenvalue weighted by atomic mass is 32.2. The molecule has 1 aromatic carbocycles. The number of ether oxygens (including phenoxy) is 1. The van der Waals surface area contributed by atoms with E-state index in [0.29, 0.717) is 24.7 Å². The van der Waals surface area contributed by atoms with Crippen LogP contribution in [0.2, 0.25) is 0 Å². The Kier molecular flexibility index (Phi) is 6.52. The second-order valence-corrected chi connectivity index (χ2v) is 10.2. The molecule has 0 atom stereocenters. The number of piperazine rings is 1. The molecule has 176 valence electrons. The molecule has 0 radical (unpaired) electrons. The van der Waals surface area contributed by atoms with Gasteiger partial charge in [0, 0.05) is 45.6 Å². The Balaban J connectivity index is 1.31. The zero-order valence-corrected chi connectivity index (χ0v) is 19.8. The lowest BCUT2D eigenvalue weighted by molar-refractivity contribution is 0.0690. The smallest absolute Gasteiger partial charge is 0.274 e. The molecule has 3 aromatic rings. The molecule has 0 unspecified atom stereocenters. The van der Waals surface area contributed by atoms with Crippen LogP contribution in [0.25, 0.3) is 0 Å². The number of amides is 1. The van der Waals surface area contributed by atoms with Crippen LogP contribution in [0.4, 0.5) is 0 Å². The lowest BCUT2D eigenvalue weighted by Crippen LogP contribution is -2.50. The summed E-state index contributed by atoms with van der Waals surface area (Å²) in [5.41, 5.74) is 1.54. The zero-order chi connectivity index (χ0) is 23.6. The van der Waals surface area contributed by atoms with Crippen molar-refractivity contribution in [3.05, 3.63) is 60.2 Å². The monoisotopic (exact) mass is 472 g/mol. The summed E-state index contributed by atoms with van der Waals surface area (Å²) in [7, 11) is -1.95. The summed E-state index contributed by atoms with van der Waals surface area (Å²) in [5.74, 6) is 0.957. The quantitative estimate of drug-likeness (QED) is 0.521. The van der Waals surface area contributed by atoms with Gasteiger partial charge in [-0.15, -0.1) is 0 Å². The first-order valence-corrected chi connectivity index (χ1v) is 12.2. The van der Waals surface area contributed by atoms with Crippen LogP contribution in [0.3, 0.4) is 0 Å². The fourth-order valence-electron chi connectivity index (χ4n) is 3.61. The van der Waals surface area contributed by atoms with Gasteiger partial charge in [-0.05, 0) is 29.7 Å². The van der Waals surface area contributed by atoms with E-state index in [9.17, 15) is 13.2 Å². The van der Waals surface area contributed by atoms with E-state index in [1.54, 1.807) is 28.9 Å². The zero-order valence-electron chi connectivity index (χ0n) is 19.0. The highest BCUT2D eigenvalue weighted by Gasteiger charge is 2.31. The normalized spacial score (nSPS) is 15.2. The third-order valence-corrected chi connectivity index (χ3v) is 7.47. The van der Waals surface area contributed by atoms with Crippen molar-refractivity contribution in [2.24, 2.45) is 7.05 Å². The van der Waals surface area contributed by atoms with Crippen LogP contribution in [0.5, 0.6) is 5.75 Å². The van der Waals surface area contributed by atoms with Crippen LogP contribution in [0.1, 0.15) is 35.8 Å². The molecule has 1 saturated heterocycles. The lowest BCUT2D eigenvalue weighted by atomic mass is 10.0. The maximum atomic E-state index is 12.8. The van der Waals surface area contributed by atoms with Gasteiger partial charge in [0.05, 0.1) is 6.20 Å². The van der Waals surface area contributed by atoms with E-state index in [-0.39, 0.29) is 30.6 Å². The molecular weight excluding hydrogens is 444 g/mol. The lowest BCUT2D eigenvalue weighted by Gasteiger charge is -2.33. The second-order valence-electron chi connectivity index (χ2n) is 8.28. The molecule has 0 N–H and O–H groups in total. The van der Waals surface area contributed by atoms with Crippen molar-refractivity contribution >= 4 is 15.9 Å². The number of sulfonamides is 1. The molecular formula is C22H28N6O4S. The standard InChI is InChI=1S/C22H28N6O4S/c1-17(2)18-4-6-19(7-5-18)32-16-27-9-8-21(24-27)22(29)26-10-12-28(13-11-26)33(30,31)20-14-23-25(3)15-20/h4-9,14-15,17H,10-13,16H2,1-3H3. The van der Waals surface area contributed by atoms with Gasteiger partial charge < -0.3 is 9.64 Å². The van der Waals surface area contributed by atoms with Crippen molar-refractivity contribution in [3.8, 4) is 5.75 Å². The molecule has 11 heteroatoms.